The number of nitrogens with zero attached hydrogens (tertiary/aromatic N) is 6. The van der Waals surface area contributed by atoms with Gasteiger partial charge in [0.2, 0.25) is 5.91 Å². The van der Waals surface area contributed by atoms with E-state index in [-0.39, 0.29) is 5.91 Å². The quantitative estimate of drug-likeness (QED) is 0.586. The summed E-state index contributed by atoms with van der Waals surface area (Å²) in [5.41, 5.74) is 1.22. The molecule has 1 aliphatic heterocycles. The van der Waals surface area contributed by atoms with Gasteiger partial charge in [0, 0.05) is 29.8 Å². The number of rotatable bonds is 5. The van der Waals surface area contributed by atoms with Crippen LogP contribution in [0.3, 0.4) is 0 Å². The Morgan fingerprint density at radius 2 is 2.04 bits per heavy atom. The summed E-state index contributed by atoms with van der Waals surface area (Å²) in [7, 11) is 0. The third-order valence-corrected chi connectivity index (χ3v) is 7.33. The Morgan fingerprint density at radius 3 is 2.86 bits per heavy atom. The standard InChI is InChI=1S/C19H24N6OS2/c1-4-25-14(10-24-9-7-5-6-8-15(24)26)22-23-19(25)28-18-16-12(2)13(3)27-17(16)20-11-21-18/h11H,4-10H2,1-3H3. The van der Waals surface area contributed by atoms with E-state index in [0.29, 0.717) is 13.0 Å². The van der Waals surface area contributed by atoms with Crippen molar-refractivity contribution >= 4 is 39.2 Å². The lowest BCUT2D eigenvalue weighted by Gasteiger charge is -2.20. The lowest BCUT2D eigenvalue weighted by molar-refractivity contribution is -0.131. The van der Waals surface area contributed by atoms with E-state index in [1.165, 1.54) is 22.2 Å². The lowest BCUT2D eigenvalue weighted by atomic mass is 10.2. The summed E-state index contributed by atoms with van der Waals surface area (Å²) < 4.78 is 2.09. The van der Waals surface area contributed by atoms with Gasteiger partial charge in [-0.05, 0) is 50.9 Å². The van der Waals surface area contributed by atoms with Crippen LogP contribution in [0.2, 0.25) is 0 Å². The smallest absolute Gasteiger partial charge is 0.222 e. The second-order valence-corrected chi connectivity index (χ2v) is 9.17. The second kappa shape index (κ2) is 8.16. The van der Waals surface area contributed by atoms with Gasteiger partial charge in [-0.1, -0.05) is 6.42 Å². The monoisotopic (exact) mass is 416 g/mol. The molecule has 0 saturated carbocycles. The molecule has 1 saturated heterocycles. The first-order valence-corrected chi connectivity index (χ1v) is 11.3. The molecule has 0 spiro atoms. The van der Waals surface area contributed by atoms with E-state index < -0.39 is 0 Å². The Hall–Kier alpha value is -2.00. The molecule has 148 valence electrons. The van der Waals surface area contributed by atoms with Crippen molar-refractivity contribution in [2.24, 2.45) is 0 Å². The Balaban J connectivity index is 1.62. The van der Waals surface area contributed by atoms with Gasteiger partial charge in [-0.15, -0.1) is 21.5 Å². The number of amides is 1. The largest absolute Gasteiger partial charge is 0.335 e. The lowest BCUT2D eigenvalue weighted by Crippen LogP contribution is -2.31. The van der Waals surface area contributed by atoms with Crippen molar-refractivity contribution < 1.29 is 4.79 Å². The molecule has 1 amide bonds. The number of fused-ring (bicyclic) bond motifs is 1. The molecule has 0 bridgehead atoms. The second-order valence-electron chi connectivity index (χ2n) is 7.01. The van der Waals surface area contributed by atoms with Crippen LogP contribution in [0, 0.1) is 13.8 Å². The molecular formula is C19H24N6OS2. The fourth-order valence-electron chi connectivity index (χ4n) is 3.52. The summed E-state index contributed by atoms with van der Waals surface area (Å²) >= 11 is 3.22. The van der Waals surface area contributed by atoms with Crippen LogP contribution in [0.4, 0.5) is 0 Å². The molecule has 4 rings (SSSR count). The van der Waals surface area contributed by atoms with Gasteiger partial charge in [0.15, 0.2) is 11.0 Å². The number of carbonyl (C=O) groups excluding carboxylic acids is 1. The molecule has 0 unspecified atom stereocenters. The minimum Gasteiger partial charge on any atom is -0.335 e. The molecule has 7 nitrogen and oxygen atoms in total. The summed E-state index contributed by atoms with van der Waals surface area (Å²) in [5, 5.41) is 11.6. The van der Waals surface area contributed by atoms with Gasteiger partial charge >= 0.3 is 0 Å². The summed E-state index contributed by atoms with van der Waals surface area (Å²) in [6, 6.07) is 0. The van der Waals surface area contributed by atoms with Crippen molar-refractivity contribution in [2.75, 3.05) is 6.54 Å². The number of thiophene rings is 1. The molecule has 0 atom stereocenters. The summed E-state index contributed by atoms with van der Waals surface area (Å²) in [6.45, 7) is 8.39. The van der Waals surface area contributed by atoms with E-state index in [9.17, 15) is 4.79 Å². The molecule has 9 heteroatoms. The Bertz CT molecular complexity index is 1010. The topological polar surface area (TPSA) is 76.8 Å². The molecule has 28 heavy (non-hydrogen) atoms. The fraction of sp³-hybridized carbons (Fsp3) is 0.526. The zero-order valence-corrected chi connectivity index (χ0v) is 18.1. The van der Waals surface area contributed by atoms with Gasteiger partial charge in [-0.3, -0.25) is 4.79 Å². The van der Waals surface area contributed by atoms with Gasteiger partial charge in [0.25, 0.3) is 0 Å². The van der Waals surface area contributed by atoms with E-state index in [1.807, 2.05) is 4.90 Å². The molecule has 0 radical (unpaired) electrons. The van der Waals surface area contributed by atoms with Gasteiger partial charge in [-0.25, -0.2) is 9.97 Å². The minimum absolute atomic E-state index is 0.222. The van der Waals surface area contributed by atoms with Crippen LogP contribution in [0.5, 0.6) is 0 Å². The molecule has 0 N–H and O–H groups in total. The zero-order valence-electron chi connectivity index (χ0n) is 16.4. The highest BCUT2D eigenvalue weighted by Crippen LogP contribution is 2.37. The molecular weight excluding hydrogens is 392 g/mol. The average Bonchev–Trinajstić information content (AvgIpc) is 3.12. The highest BCUT2D eigenvalue weighted by atomic mass is 32.2. The number of likely N-dealkylation sites (tertiary alicyclic amines) is 1. The normalized spacial score (nSPS) is 15.4. The number of hydrogen-bond acceptors (Lipinski definition) is 7. The SMILES string of the molecule is CCn1c(CN2CCCCCC2=O)nnc1Sc1ncnc2sc(C)c(C)c12. The van der Waals surface area contributed by atoms with Crippen molar-refractivity contribution in [2.45, 2.75) is 69.7 Å². The molecule has 1 aliphatic rings. The fourth-order valence-corrected chi connectivity index (χ4v) is 5.63. The number of aryl methyl sites for hydroxylation is 2. The van der Waals surface area contributed by atoms with E-state index in [2.05, 4.69) is 45.5 Å². The van der Waals surface area contributed by atoms with E-state index >= 15 is 0 Å². The van der Waals surface area contributed by atoms with Gasteiger partial charge in [0.05, 0.1) is 6.54 Å². The number of carbonyl (C=O) groups is 1. The molecule has 4 heterocycles. The zero-order chi connectivity index (χ0) is 19.7. The summed E-state index contributed by atoms with van der Waals surface area (Å²) in [4.78, 5) is 25.5. The average molecular weight is 417 g/mol. The predicted octanol–water partition coefficient (Wildman–Crippen LogP) is 3.97. The summed E-state index contributed by atoms with van der Waals surface area (Å²) in [5.74, 6) is 1.06. The maximum Gasteiger partial charge on any atom is 0.222 e. The van der Waals surface area contributed by atoms with Crippen LogP contribution in [0.15, 0.2) is 16.5 Å². The van der Waals surface area contributed by atoms with Crippen molar-refractivity contribution in [3.05, 3.63) is 22.6 Å². The molecule has 0 aliphatic carbocycles. The van der Waals surface area contributed by atoms with Crippen molar-refractivity contribution in [3.63, 3.8) is 0 Å². The van der Waals surface area contributed by atoms with Crippen molar-refractivity contribution in [3.8, 4) is 0 Å². The van der Waals surface area contributed by atoms with E-state index in [4.69, 9.17) is 0 Å². The molecule has 3 aromatic rings. The third kappa shape index (κ3) is 3.65. The minimum atomic E-state index is 0.222. The highest BCUT2D eigenvalue weighted by molar-refractivity contribution is 7.99. The van der Waals surface area contributed by atoms with E-state index in [0.717, 1.165) is 58.6 Å². The van der Waals surface area contributed by atoms with Crippen molar-refractivity contribution in [1.82, 2.24) is 29.6 Å². The third-order valence-electron chi connectivity index (χ3n) is 5.23. The maximum atomic E-state index is 12.3. The van der Waals surface area contributed by atoms with Gasteiger partial charge in [-0.2, -0.15) is 0 Å². The molecule has 3 aromatic heterocycles. The van der Waals surface area contributed by atoms with Crippen LogP contribution in [-0.2, 0) is 17.9 Å². The van der Waals surface area contributed by atoms with Crippen LogP contribution in [-0.4, -0.2) is 42.1 Å². The Labute approximate surface area is 172 Å². The molecule has 0 aromatic carbocycles. The first-order valence-electron chi connectivity index (χ1n) is 9.67. The number of aromatic nitrogens is 5. The van der Waals surface area contributed by atoms with E-state index in [1.54, 1.807) is 17.7 Å². The van der Waals surface area contributed by atoms with Gasteiger partial charge in [0.1, 0.15) is 16.2 Å². The van der Waals surface area contributed by atoms with Crippen LogP contribution in [0.1, 0.15) is 48.9 Å². The van der Waals surface area contributed by atoms with Crippen LogP contribution in [0.25, 0.3) is 10.2 Å². The molecule has 1 fully saturated rings. The van der Waals surface area contributed by atoms with Crippen LogP contribution < -0.4 is 0 Å². The van der Waals surface area contributed by atoms with Crippen LogP contribution >= 0.6 is 23.1 Å². The Morgan fingerprint density at radius 1 is 1.18 bits per heavy atom. The maximum absolute atomic E-state index is 12.3. The summed E-state index contributed by atoms with van der Waals surface area (Å²) in [6.07, 6.45) is 5.41. The predicted molar refractivity (Wildman–Crippen MR) is 111 cm³/mol. The highest BCUT2D eigenvalue weighted by Gasteiger charge is 2.22. The Kier molecular flexibility index (Phi) is 5.63. The first kappa shape index (κ1) is 19.3. The van der Waals surface area contributed by atoms with Gasteiger partial charge < -0.3 is 9.47 Å². The van der Waals surface area contributed by atoms with Crippen molar-refractivity contribution in [1.29, 1.82) is 0 Å². The number of hydrogen-bond donors (Lipinski definition) is 0. The first-order chi connectivity index (χ1) is 13.6.